The molecule has 2 aromatic carbocycles. The number of ether oxygens (including phenoxy) is 2. The molecule has 312 valence electrons. The van der Waals surface area contributed by atoms with Crippen LogP contribution >= 0.6 is 0 Å². The summed E-state index contributed by atoms with van der Waals surface area (Å²) in [7, 11) is 2.56. The number of carbonyl (C=O) groups is 4. The van der Waals surface area contributed by atoms with Gasteiger partial charge in [-0.3, -0.25) is 9.59 Å². The molecule has 0 spiro atoms. The second-order valence-corrected chi connectivity index (χ2v) is 16.0. The van der Waals surface area contributed by atoms with E-state index in [4.69, 9.17) is 15.9 Å². The van der Waals surface area contributed by atoms with Crippen LogP contribution < -0.4 is 10.6 Å². The lowest BCUT2D eigenvalue weighted by atomic mass is 9.74. The van der Waals surface area contributed by atoms with Gasteiger partial charge >= 0.3 is 12.2 Å². The molecule has 0 saturated carbocycles. The average Bonchev–Trinajstić information content (AvgIpc) is 3.91. The number of rotatable bonds is 16. The van der Waals surface area contributed by atoms with Crippen LogP contribution in [0.5, 0.6) is 0 Å². The van der Waals surface area contributed by atoms with E-state index in [1.165, 1.54) is 47.6 Å². The number of carbonyl (C=O) groups excluding carboxylic acids is 4. The molecule has 0 bridgehead atoms. The molecule has 59 heavy (non-hydrogen) atoms. The Labute approximate surface area is 346 Å². The van der Waals surface area contributed by atoms with Crippen LogP contribution in [0.1, 0.15) is 81.4 Å². The Kier molecular flexibility index (Phi) is 13.4. The number of terminal acetylenes is 1. The van der Waals surface area contributed by atoms with Crippen LogP contribution in [0.25, 0.3) is 33.6 Å². The van der Waals surface area contributed by atoms with Crippen molar-refractivity contribution in [3.63, 3.8) is 0 Å². The lowest BCUT2D eigenvalue weighted by Crippen LogP contribution is -2.51. The van der Waals surface area contributed by atoms with Gasteiger partial charge in [0.25, 0.3) is 0 Å². The molecule has 0 saturated heterocycles. The SMILES string of the molecule is C#CCCN(Cc1ncc(-c2cc3c4c(c2)CCc2cc(-c5cnc(CN(CCC)C(=O)[C@@H](NC(=O)OC)C(C)C)[nH]5)cc(c2-4)CC3)[nH]1)C(=O)[C@@H](NC(=O)OC)C(C)C. The number of benzene rings is 2. The minimum Gasteiger partial charge on any atom is -0.453 e. The molecule has 0 aliphatic heterocycles. The molecule has 4 amide bonds. The fourth-order valence-electron chi connectivity index (χ4n) is 8.15. The number of nitrogens with zero attached hydrogens (tertiary/aromatic N) is 4. The third-order valence-corrected chi connectivity index (χ3v) is 11.2. The minimum absolute atomic E-state index is 0.121. The van der Waals surface area contributed by atoms with Gasteiger partial charge in [0.15, 0.2) is 0 Å². The summed E-state index contributed by atoms with van der Waals surface area (Å²) >= 11 is 0. The summed E-state index contributed by atoms with van der Waals surface area (Å²) in [6, 6.07) is 7.57. The topological polar surface area (TPSA) is 175 Å². The van der Waals surface area contributed by atoms with Crippen molar-refractivity contribution in [3.8, 4) is 46.0 Å². The lowest BCUT2D eigenvalue weighted by Gasteiger charge is -2.30. The van der Waals surface area contributed by atoms with Crippen molar-refractivity contribution in [1.29, 1.82) is 0 Å². The highest BCUT2D eigenvalue weighted by Crippen LogP contribution is 2.45. The first-order valence-electron chi connectivity index (χ1n) is 20.5. The Morgan fingerprint density at radius 2 is 1.10 bits per heavy atom. The zero-order valence-corrected chi connectivity index (χ0v) is 35.2. The maximum Gasteiger partial charge on any atom is 0.407 e. The van der Waals surface area contributed by atoms with E-state index in [-0.39, 0.29) is 30.2 Å². The van der Waals surface area contributed by atoms with Crippen molar-refractivity contribution in [2.45, 2.75) is 98.3 Å². The van der Waals surface area contributed by atoms with E-state index in [1.54, 1.807) is 9.80 Å². The third-order valence-electron chi connectivity index (χ3n) is 11.2. The Bertz CT molecular complexity index is 2180. The van der Waals surface area contributed by atoms with Crippen LogP contribution in [-0.4, -0.2) is 93.1 Å². The first-order chi connectivity index (χ1) is 28.3. The molecule has 4 aromatic rings. The second kappa shape index (κ2) is 18.7. The summed E-state index contributed by atoms with van der Waals surface area (Å²) in [5, 5.41) is 5.36. The average molecular weight is 805 g/mol. The van der Waals surface area contributed by atoms with E-state index >= 15 is 0 Å². The highest BCUT2D eigenvalue weighted by molar-refractivity contribution is 5.87. The van der Waals surface area contributed by atoms with Crippen molar-refractivity contribution in [2.24, 2.45) is 11.8 Å². The van der Waals surface area contributed by atoms with Gasteiger partial charge < -0.3 is 39.9 Å². The number of aryl methyl sites for hydroxylation is 4. The zero-order valence-electron chi connectivity index (χ0n) is 35.2. The summed E-state index contributed by atoms with van der Waals surface area (Å²) in [6.07, 6.45) is 12.6. The summed E-state index contributed by atoms with van der Waals surface area (Å²) in [5.74, 6) is 3.21. The smallest absolute Gasteiger partial charge is 0.407 e. The van der Waals surface area contributed by atoms with Crippen LogP contribution in [0, 0.1) is 24.2 Å². The highest BCUT2D eigenvalue weighted by Gasteiger charge is 2.32. The van der Waals surface area contributed by atoms with E-state index in [9.17, 15) is 19.2 Å². The molecule has 0 radical (unpaired) electrons. The molecule has 2 aliphatic rings. The minimum atomic E-state index is -0.773. The number of imidazole rings is 2. The summed E-state index contributed by atoms with van der Waals surface area (Å²) in [6.45, 7) is 10.9. The number of methoxy groups -OCH3 is 2. The predicted molar refractivity (Wildman–Crippen MR) is 225 cm³/mol. The Hall–Kier alpha value is -6.10. The van der Waals surface area contributed by atoms with Gasteiger partial charge in [0, 0.05) is 30.6 Å². The van der Waals surface area contributed by atoms with Crippen molar-refractivity contribution >= 4 is 24.0 Å². The first kappa shape index (κ1) is 42.5. The highest BCUT2D eigenvalue weighted by atomic mass is 16.5. The number of alkyl carbamates (subject to hydrolysis) is 2. The molecule has 4 N–H and O–H groups in total. The van der Waals surface area contributed by atoms with Gasteiger partial charge in [0.2, 0.25) is 11.8 Å². The number of hydrogen-bond donors (Lipinski definition) is 4. The van der Waals surface area contributed by atoms with Crippen LogP contribution in [0.2, 0.25) is 0 Å². The number of aromatic nitrogens is 4. The lowest BCUT2D eigenvalue weighted by molar-refractivity contribution is -0.135. The standard InChI is InChI=1S/C45H56N8O6/c1-9-11-17-53(43(55)41(27(5)6)51-45(57)59-8)25-37-47-23-35(49-37)33-20-30-14-12-28-18-32(19-29-13-15-31(21-33)39(30)38(28)29)34-22-46-36(48-34)24-52(16-10-2)42(54)40(26(3)4)50-44(56)58-7/h1,18-23,26-27,40-41H,10-17,24-25H2,2-8H3,(H,46,48)(H,47,49)(H,50,56)(H,51,57)/t40-,41-/m0/s1. The molecule has 14 heteroatoms. The Morgan fingerprint density at radius 3 is 1.44 bits per heavy atom. The third kappa shape index (κ3) is 9.46. The number of nitrogens with one attached hydrogen (secondary N) is 4. The van der Waals surface area contributed by atoms with E-state index < -0.39 is 24.3 Å². The first-order valence-corrected chi connectivity index (χ1v) is 20.5. The molecular formula is C45H56N8O6. The van der Waals surface area contributed by atoms with Crippen molar-refractivity contribution < 1.29 is 28.7 Å². The number of hydrogen-bond acceptors (Lipinski definition) is 8. The summed E-state index contributed by atoms with van der Waals surface area (Å²) in [5.41, 5.74) is 11.8. The fraction of sp³-hybridized carbons (Fsp3) is 0.467. The molecular weight excluding hydrogens is 749 g/mol. The van der Waals surface area contributed by atoms with Gasteiger partial charge in [0.1, 0.15) is 23.7 Å². The fourth-order valence-corrected chi connectivity index (χ4v) is 8.15. The monoisotopic (exact) mass is 804 g/mol. The predicted octanol–water partition coefficient (Wildman–Crippen LogP) is 6.18. The molecule has 2 aromatic heterocycles. The van der Waals surface area contributed by atoms with Gasteiger partial charge in [-0.2, -0.15) is 0 Å². The summed E-state index contributed by atoms with van der Waals surface area (Å²) in [4.78, 5) is 70.9. The van der Waals surface area contributed by atoms with E-state index in [0.29, 0.717) is 37.7 Å². The van der Waals surface area contributed by atoms with E-state index in [1.807, 2.05) is 47.0 Å². The van der Waals surface area contributed by atoms with Crippen molar-refractivity contribution in [1.82, 2.24) is 40.4 Å². The number of aromatic amines is 2. The second-order valence-electron chi connectivity index (χ2n) is 16.0. The maximum atomic E-state index is 13.6. The van der Waals surface area contributed by atoms with Gasteiger partial charge in [-0.15, -0.1) is 12.3 Å². The number of amides is 4. The van der Waals surface area contributed by atoms with Crippen LogP contribution in [0.3, 0.4) is 0 Å². The quantitative estimate of drug-likeness (QED) is 0.0972. The molecule has 14 nitrogen and oxygen atoms in total. The van der Waals surface area contributed by atoms with Crippen LogP contribution in [-0.2, 0) is 57.8 Å². The van der Waals surface area contributed by atoms with Crippen LogP contribution in [0.15, 0.2) is 36.7 Å². The normalized spacial score (nSPS) is 13.6. The van der Waals surface area contributed by atoms with E-state index in [0.717, 1.165) is 54.6 Å². The Balaban J connectivity index is 1.21. The largest absolute Gasteiger partial charge is 0.453 e. The van der Waals surface area contributed by atoms with Crippen molar-refractivity contribution in [2.75, 3.05) is 27.3 Å². The molecule has 2 heterocycles. The zero-order chi connectivity index (χ0) is 42.4. The van der Waals surface area contributed by atoms with Gasteiger partial charge in [0.05, 0.1) is 51.1 Å². The van der Waals surface area contributed by atoms with Crippen LogP contribution in [0.4, 0.5) is 9.59 Å². The molecule has 2 atom stereocenters. The van der Waals surface area contributed by atoms with Gasteiger partial charge in [-0.05, 0) is 102 Å². The van der Waals surface area contributed by atoms with Gasteiger partial charge in [-0.1, -0.05) is 34.6 Å². The number of H-pyrrole nitrogens is 2. The molecule has 6 rings (SSSR count). The van der Waals surface area contributed by atoms with Gasteiger partial charge in [-0.25, -0.2) is 19.6 Å². The molecule has 0 unspecified atom stereocenters. The molecule has 0 fully saturated rings. The van der Waals surface area contributed by atoms with E-state index in [2.05, 4.69) is 60.8 Å². The maximum absolute atomic E-state index is 13.6. The van der Waals surface area contributed by atoms with Crippen molar-refractivity contribution in [3.05, 3.63) is 70.6 Å². The molecule has 2 aliphatic carbocycles. The summed E-state index contributed by atoms with van der Waals surface area (Å²) < 4.78 is 9.54. The Morgan fingerprint density at radius 1 is 0.712 bits per heavy atom.